The van der Waals surface area contributed by atoms with Crippen molar-refractivity contribution in [2.24, 2.45) is 17.6 Å². The molecule has 0 aromatic heterocycles. The monoisotopic (exact) mass is 991 g/mol. The van der Waals surface area contributed by atoms with Gasteiger partial charge in [0, 0.05) is 36.3 Å². The molecule has 386 valence electrons. The first-order valence-electron chi connectivity index (χ1n) is 26.8. The van der Waals surface area contributed by atoms with Crippen molar-refractivity contribution in [3.05, 3.63) is 130 Å². The van der Waals surface area contributed by atoms with E-state index >= 15 is 0 Å². The number of nitrogens with one attached hydrogen (secondary N) is 2. The third kappa shape index (κ3) is 11.4. The number of nitrogens with zero attached hydrogens (tertiary/aromatic N) is 3. The Labute approximate surface area is 423 Å². The second-order valence-corrected chi connectivity index (χ2v) is 21.2. The highest BCUT2D eigenvalue weighted by molar-refractivity contribution is 5.75. The molecule has 6 atom stereocenters. The number of carbonyl (C=O) groups is 3. The minimum absolute atomic E-state index is 0.0775. The van der Waals surface area contributed by atoms with Gasteiger partial charge >= 0.3 is 24.2 Å². The molecule has 4 aliphatic heterocycles. The van der Waals surface area contributed by atoms with Crippen LogP contribution in [0.3, 0.4) is 0 Å². The van der Waals surface area contributed by atoms with Crippen LogP contribution in [0.5, 0.6) is 11.5 Å². The van der Waals surface area contributed by atoms with Crippen molar-refractivity contribution >= 4 is 18.0 Å². The highest BCUT2D eigenvalue weighted by Gasteiger charge is 2.45. The second-order valence-electron chi connectivity index (χ2n) is 21.2. The Bertz CT molecular complexity index is 2410. The van der Waals surface area contributed by atoms with Crippen LogP contribution in [0, 0.1) is 11.8 Å². The number of fused-ring (bicyclic) bond motifs is 10. The first kappa shape index (κ1) is 51.3. The van der Waals surface area contributed by atoms with E-state index in [1.807, 2.05) is 29.2 Å². The molecule has 72 heavy (non-hydrogen) atoms. The van der Waals surface area contributed by atoms with E-state index in [1.165, 1.54) is 64.5 Å². The van der Waals surface area contributed by atoms with Crippen molar-refractivity contribution in [2.45, 2.75) is 171 Å². The maximum absolute atomic E-state index is 13.2. The molecule has 4 bridgehead atoms. The number of halogens is 3. The van der Waals surface area contributed by atoms with Gasteiger partial charge < -0.3 is 31.1 Å². The zero-order valence-corrected chi connectivity index (χ0v) is 41.9. The fourth-order valence-electron chi connectivity index (χ4n) is 13.5. The molecule has 2 saturated heterocycles. The van der Waals surface area contributed by atoms with Crippen LogP contribution in [0.25, 0.3) is 0 Å². The summed E-state index contributed by atoms with van der Waals surface area (Å²) in [5.74, 6) is 0.164. The summed E-state index contributed by atoms with van der Waals surface area (Å²) in [4.78, 5) is 42.7. The van der Waals surface area contributed by atoms with E-state index in [4.69, 9.17) is 20.4 Å². The third-order valence-corrected chi connectivity index (χ3v) is 17.2. The van der Waals surface area contributed by atoms with Crippen LogP contribution >= 0.6 is 0 Å². The molecular weight excluding hydrogens is 918 g/mol. The molecule has 0 radical (unpaired) electrons. The van der Waals surface area contributed by atoms with E-state index in [1.54, 1.807) is 22.3 Å². The van der Waals surface area contributed by atoms with Gasteiger partial charge in [-0.05, 0) is 185 Å². The normalized spacial score (nSPS) is 26.1. The van der Waals surface area contributed by atoms with E-state index in [0.29, 0.717) is 30.1 Å². The number of hydrogen-bond donors (Lipinski definition) is 4. The lowest BCUT2D eigenvalue weighted by molar-refractivity contribution is -0.192. The Morgan fingerprint density at radius 2 is 1.06 bits per heavy atom. The van der Waals surface area contributed by atoms with Gasteiger partial charge in [0.05, 0.1) is 12.1 Å². The Morgan fingerprint density at radius 3 is 1.44 bits per heavy atom. The number of rotatable bonds is 16. The predicted octanol–water partition coefficient (Wildman–Crippen LogP) is 13.4. The van der Waals surface area contributed by atoms with Crippen LogP contribution < -0.4 is 21.1 Å². The molecule has 10 rings (SSSR count). The summed E-state index contributed by atoms with van der Waals surface area (Å²) in [6, 6.07) is 36.7. The number of alkyl halides is 3. The zero-order chi connectivity index (χ0) is 50.5. The average molecular weight is 991 g/mol. The van der Waals surface area contributed by atoms with Gasteiger partial charge in [0.2, 0.25) is 0 Å². The molecule has 2 unspecified atom stereocenters. The number of carbonyl (C=O) groups excluding carboxylic acids is 2. The quantitative estimate of drug-likeness (QED) is 0.0876. The molecule has 4 amide bonds. The van der Waals surface area contributed by atoms with Crippen LogP contribution in [0.2, 0.25) is 0 Å². The number of hydrogen-bond acceptors (Lipinski definition) is 6. The summed E-state index contributed by atoms with van der Waals surface area (Å²) in [6.07, 6.45) is 13.0. The minimum atomic E-state index is -5.08. The van der Waals surface area contributed by atoms with E-state index in [-0.39, 0.29) is 36.2 Å². The molecule has 4 aromatic carbocycles. The number of benzene rings is 4. The van der Waals surface area contributed by atoms with Crippen molar-refractivity contribution in [2.75, 3.05) is 13.1 Å². The standard InChI is InChI=1S/C56H72N6O3.C2HF3O2/c1-3-49(59-56(64)58-41-21-13-37(14-22-41)33-35-60-51-29-30-52(60)46-10-6-5-9-45(46)51)39-17-25-43(26-18-39)65-44-27-19-40(20-28-44)50(4-2)62(55(57)63)42-23-15-38(16-24-42)34-36-61-53-31-32-54(61)48-12-8-7-11-47(48)53;3-2(4,5)1(6)7/h5-12,17-20,25-28,37-38,41-42,49-54H,3-4,13-16,21-24,29-36H2,1-2H3,(H2,57,63)(H2,58,59,64);(H,6,7)/t37?,38?,41?,42?,49?,50?,51-,52+,53-,54+;. The fourth-order valence-corrected chi connectivity index (χ4v) is 13.5. The van der Waals surface area contributed by atoms with Gasteiger partial charge in [-0.25, -0.2) is 14.4 Å². The largest absolute Gasteiger partial charge is 0.490 e. The summed E-state index contributed by atoms with van der Waals surface area (Å²) in [5, 5.41) is 13.7. The molecule has 4 fully saturated rings. The summed E-state index contributed by atoms with van der Waals surface area (Å²) in [6.45, 7) is 6.62. The van der Waals surface area contributed by atoms with Crippen molar-refractivity contribution in [3.63, 3.8) is 0 Å². The summed E-state index contributed by atoms with van der Waals surface area (Å²) in [5.41, 5.74) is 14.6. The lowest BCUT2D eigenvalue weighted by atomic mass is 9.82. The maximum Gasteiger partial charge on any atom is 0.490 e. The highest BCUT2D eigenvalue weighted by Crippen LogP contribution is 2.54. The summed E-state index contributed by atoms with van der Waals surface area (Å²) < 4.78 is 38.0. The molecule has 4 heterocycles. The molecule has 0 spiro atoms. The fraction of sp³-hybridized carbons (Fsp3) is 0.534. The minimum Gasteiger partial charge on any atom is -0.475 e. The predicted molar refractivity (Wildman–Crippen MR) is 272 cm³/mol. The van der Waals surface area contributed by atoms with Gasteiger partial charge in [0.1, 0.15) is 11.5 Å². The van der Waals surface area contributed by atoms with E-state index < -0.39 is 12.1 Å². The van der Waals surface area contributed by atoms with Crippen molar-refractivity contribution < 1.29 is 37.4 Å². The molecular formula is C58H73F3N6O5. The topological polar surface area (TPSA) is 140 Å². The lowest BCUT2D eigenvalue weighted by Crippen LogP contribution is -2.47. The number of urea groups is 2. The van der Waals surface area contributed by atoms with Gasteiger partial charge in [-0.2, -0.15) is 13.2 Å². The van der Waals surface area contributed by atoms with Crippen LogP contribution in [0.4, 0.5) is 22.8 Å². The number of nitrogens with two attached hydrogens (primary N) is 1. The van der Waals surface area contributed by atoms with Gasteiger partial charge in [-0.3, -0.25) is 9.80 Å². The van der Waals surface area contributed by atoms with E-state index in [0.717, 1.165) is 79.9 Å². The van der Waals surface area contributed by atoms with Gasteiger partial charge in [0.25, 0.3) is 0 Å². The number of ether oxygens (including phenoxy) is 1. The molecule has 4 aromatic rings. The van der Waals surface area contributed by atoms with E-state index in [9.17, 15) is 22.8 Å². The SMILES string of the molecule is CCC(NC(=O)NC1CCC(CCN2[C@@H]3CC[C@H]2c2ccccc23)CC1)c1ccc(Oc2ccc(C(CC)N(C(N)=O)C3CCC(CCN4[C@@H]5CC[C@H]4c4ccccc45)CC3)cc2)cc1.O=C(O)C(F)(F)F. The van der Waals surface area contributed by atoms with Gasteiger partial charge in [-0.15, -0.1) is 0 Å². The molecule has 14 heteroatoms. The third-order valence-electron chi connectivity index (χ3n) is 17.2. The van der Waals surface area contributed by atoms with Crippen molar-refractivity contribution in [3.8, 4) is 11.5 Å². The lowest BCUT2D eigenvalue weighted by Gasteiger charge is -2.41. The number of carboxylic acids is 1. The van der Waals surface area contributed by atoms with Crippen molar-refractivity contribution in [1.29, 1.82) is 0 Å². The van der Waals surface area contributed by atoms with Crippen molar-refractivity contribution in [1.82, 2.24) is 25.3 Å². The molecule has 5 N–H and O–H groups in total. The Balaban J connectivity index is 0.000000853. The van der Waals surface area contributed by atoms with Crippen LogP contribution in [-0.2, 0) is 4.79 Å². The van der Waals surface area contributed by atoms with Crippen LogP contribution in [0.1, 0.15) is 186 Å². The maximum atomic E-state index is 13.2. The summed E-state index contributed by atoms with van der Waals surface area (Å²) >= 11 is 0. The first-order valence-corrected chi connectivity index (χ1v) is 26.8. The van der Waals surface area contributed by atoms with Crippen LogP contribution in [-0.4, -0.2) is 69.2 Å². The van der Waals surface area contributed by atoms with Crippen LogP contribution in [0.15, 0.2) is 97.1 Å². The number of amides is 4. The molecule has 2 aliphatic carbocycles. The van der Waals surface area contributed by atoms with Gasteiger partial charge in [-0.1, -0.05) is 86.6 Å². The number of carboxylic acid groups (broad SMARTS) is 1. The van der Waals surface area contributed by atoms with E-state index in [2.05, 4.69) is 107 Å². The zero-order valence-electron chi connectivity index (χ0n) is 41.9. The molecule has 6 aliphatic rings. The molecule has 2 saturated carbocycles. The number of aliphatic carboxylic acids is 1. The Morgan fingerprint density at radius 1 is 0.639 bits per heavy atom. The number of primary amides is 1. The van der Waals surface area contributed by atoms with Gasteiger partial charge in [0.15, 0.2) is 0 Å². The smallest absolute Gasteiger partial charge is 0.475 e. The first-order chi connectivity index (χ1) is 34.8. The average Bonchev–Trinajstić information content (AvgIpc) is 4.15. The Hall–Kier alpha value is -5.60. The second kappa shape index (κ2) is 22.7. The summed E-state index contributed by atoms with van der Waals surface area (Å²) in [7, 11) is 0. The highest BCUT2D eigenvalue weighted by atomic mass is 19.4. The Kier molecular flexibility index (Phi) is 16.1. The molecule has 11 nitrogen and oxygen atoms in total.